The van der Waals surface area contributed by atoms with Gasteiger partial charge in [0.15, 0.2) is 0 Å². The lowest BCUT2D eigenvalue weighted by atomic mass is 9.80. The van der Waals surface area contributed by atoms with E-state index in [4.69, 9.17) is 0 Å². The predicted octanol–water partition coefficient (Wildman–Crippen LogP) is 5.59. The highest BCUT2D eigenvalue weighted by molar-refractivity contribution is 7.92. The highest BCUT2D eigenvalue weighted by Crippen LogP contribution is 2.52. The third kappa shape index (κ3) is 3.68. The highest BCUT2D eigenvalue weighted by atomic mass is 32.2. The monoisotopic (exact) mass is 443 g/mol. The number of nitrogens with one attached hydrogen (secondary N) is 1. The number of fused-ring (bicyclic) bond motifs is 1. The van der Waals surface area contributed by atoms with Crippen LogP contribution in [0.3, 0.4) is 0 Å². The van der Waals surface area contributed by atoms with Crippen LogP contribution >= 0.6 is 0 Å². The normalized spacial score (nSPS) is 15.9. The van der Waals surface area contributed by atoms with Gasteiger partial charge in [0.1, 0.15) is 5.60 Å². The van der Waals surface area contributed by atoms with E-state index in [0.717, 1.165) is 34.7 Å². The summed E-state index contributed by atoms with van der Waals surface area (Å²) in [6, 6.07) is 27.8. The lowest BCUT2D eigenvalue weighted by Crippen LogP contribution is -2.31. The van der Waals surface area contributed by atoms with Crippen LogP contribution in [-0.2, 0) is 15.6 Å². The van der Waals surface area contributed by atoms with Crippen molar-refractivity contribution in [1.29, 1.82) is 0 Å². The molecule has 1 fully saturated rings. The maximum atomic E-state index is 13.3. The molecule has 4 nitrogen and oxygen atoms in total. The number of anilines is 1. The molecule has 0 bridgehead atoms. The van der Waals surface area contributed by atoms with Gasteiger partial charge in [0.05, 0.1) is 10.6 Å². The first-order valence-corrected chi connectivity index (χ1v) is 12.3. The maximum absolute atomic E-state index is 13.3. The third-order valence-electron chi connectivity index (χ3n) is 6.25. The van der Waals surface area contributed by atoms with Gasteiger partial charge < -0.3 is 5.11 Å². The van der Waals surface area contributed by atoms with Crippen molar-refractivity contribution in [3.63, 3.8) is 0 Å². The van der Waals surface area contributed by atoms with Crippen molar-refractivity contribution in [3.05, 3.63) is 108 Å². The Morgan fingerprint density at radius 3 is 2.06 bits per heavy atom. The van der Waals surface area contributed by atoms with Crippen LogP contribution in [0.25, 0.3) is 10.8 Å². The third-order valence-corrected chi connectivity index (χ3v) is 7.64. The second-order valence-electron chi connectivity index (χ2n) is 8.57. The Balaban J connectivity index is 1.70. The van der Waals surface area contributed by atoms with Gasteiger partial charge in [-0.25, -0.2) is 8.42 Å². The Morgan fingerprint density at radius 1 is 0.844 bits per heavy atom. The molecule has 5 rings (SSSR count). The molecular weight excluding hydrogens is 418 g/mol. The first-order valence-electron chi connectivity index (χ1n) is 10.8. The van der Waals surface area contributed by atoms with E-state index >= 15 is 0 Å². The molecule has 1 saturated carbocycles. The van der Waals surface area contributed by atoms with Crippen molar-refractivity contribution < 1.29 is 13.5 Å². The predicted molar refractivity (Wildman–Crippen MR) is 128 cm³/mol. The summed E-state index contributed by atoms with van der Waals surface area (Å²) < 4.78 is 29.3. The molecule has 0 aliphatic heterocycles. The Labute approximate surface area is 188 Å². The number of aliphatic hydroxyl groups is 1. The van der Waals surface area contributed by atoms with Crippen LogP contribution in [0, 0.1) is 12.8 Å². The summed E-state index contributed by atoms with van der Waals surface area (Å²) in [5.74, 6) is 0.0358. The van der Waals surface area contributed by atoms with E-state index in [1.165, 1.54) is 0 Å². The maximum Gasteiger partial charge on any atom is 0.261 e. The summed E-state index contributed by atoms with van der Waals surface area (Å²) in [5, 5.41) is 14.0. The zero-order valence-electron chi connectivity index (χ0n) is 17.8. The number of hydrogen-bond acceptors (Lipinski definition) is 3. The molecule has 1 aliphatic rings. The van der Waals surface area contributed by atoms with Crippen molar-refractivity contribution in [2.45, 2.75) is 30.3 Å². The SMILES string of the molecule is Cc1ccc(S(=O)(=O)Nc2cc3ccccc3cc2C(O)(c2ccccc2)C2CC2)cc1. The summed E-state index contributed by atoms with van der Waals surface area (Å²) in [4.78, 5) is 0.192. The smallest absolute Gasteiger partial charge is 0.261 e. The average molecular weight is 444 g/mol. The fourth-order valence-electron chi connectivity index (χ4n) is 4.37. The van der Waals surface area contributed by atoms with Crippen LogP contribution in [0.5, 0.6) is 0 Å². The van der Waals surface area contributed by atoms with Gasteiger partial charge in [0.2, 0.25) is 0 Å². The summed E-state index contributed by atoms with van der Waals surface area (Å²) in [5.41, 5.74) is 1.47. The number of hydrogen-bond donors (Lipinski definition) is 2. The van der Waals surface area contributed by atoms with E-state index in [0.29, 0.717) is 11.3 Å². The minimum atomic E-state index is -3.83. The number of aryl methyl sites for hydroxylation is 1. The van der Waals surface area contributed by atoms with Gasteiger partial charge in [0, 0.05) is 5.56 Å². The lowest BCUT2D eigenvalue weighted by Gasteiger charge is -2.32. The van der Waals surface area contributed by atoms with Crippen LogP contribution in [0.4, 0.5) is 5.69 Å². The Kier molecular flexibility index (Phi) is 5.03. The molecule has 162 valence electrons. The van der Waals surface area contributed by atoms with Crippen molar-refractivity contribution in [2.24, 2.45) is 5.92 Å². The van der Waals surface area contributed by atoms with Gasteiger partial charge in [-0.15, -0.1) is 0 Å². The molecule has 32 heavy (non-hydrogen) atoms. The number of sulfonamides is 1. The largest absolute Gasteiger partial charge is 0.380 e. The second-order valence-corrected chi connectivity index (χ2v) is 10.3. The van der Waals surface area contributed by atoms with Crippen LogP contribution in [0.2, 0.25) is 0 Å². The molecule has 1 unspecified atom stereocenters. The molecule has 1 aliphatic carbocycles. The molecule has 2 N–H and O–H groups in total. The molecule has 0 saturated heterocycles. The highest BCUT2D eigenvalue weighted by Gasteiger charge is 2.48. The zero-order chi connectivity index (χ0) is 22.3. The minimum absolute atomic E-state index is 0.0358. The van der Waals surface area contributed by atoms with Crippen LogP contribution in [0.1, 0.15) is 29.5 Å². The van der Waals surface area contributed by atoms with E-state index in [1.54, 1.807) is 24.3 Å². The molecule has 4 aromatic rings. The van der Waals surface area contributed by atoms with Gasteiger partial charge in [-0.05, 0) is 66.3 Å². The van der Waals surface area contributed by atoms with Crippen LogP contribution in [0.15, 0.2) is 95.9 Å². The Hall–Kier alpha value is -3.15. The standard InChI is InChI=1S/C27H25NO3S/c1-19-11-15-24(16-12-19)32(30,31)28-26-18-21-8-6-5-7-20(21)17-25(26)27(29,23-13-14-23)22-9-3-2-4-10-22/h2-12,15-18,23,28-29H,13-14H2,1H3. The average Bonchev–Trinajstić information content (AvgIpc) is 3.65. The molecule has 0 amide bonds. The first kappa shape index (κ1) is 20.7. The van der Waals surface area contributed by atoms with Gasteiger partial charge in [-0.1, -0.05) is 72.3 Å². The molecule has 0 spiro atoms. The minimum Gasteiger partial charge on any atom is -0.380 e. The van der Waals surface area contributed by atoms with Crippen molar-refractivity contribution >= 4 is 26.5 Å². The fraction of sp³-hybridized carbons (Fsp3) is 0.185. The fourth-order valence-corrected chi connectivity index (χ4v) is 5.44. The molecule has 5 heteroatoms. The van der Waals surface area contributed by atoms with Gasteiger partial charge >= 0.3 is 0 Å². The summed E-state index contributed by atoms with van der Waals surface area (Å²) in [6.07, 6.45) is 1.78. The topological polar surface area (TPSA) is 66.4 Å². The lowest BCUT2D eigenvalue weighted by molar-refractivity contribution is 0.0573. The summed E-state index contributed by atoms with van der Waals surface area (Å²) in [7, 11) is -3.83. The van der Waals surface area contributed by atoms with Crippen molar-refractivity contribution in [1.82, 2.24) is 0 Å². The van der Waals surface area contributed by atoms with Gasteiger partial charge in [-0.3, -0.25) is 4.72 Å². The molecule has 4 aromatic carbocycles. The summed E-state index contributed by atoms with van der Waals surface area (Å²) >= 11 is 0. The van der Waals surface area contributed by atoms with Gasteiger partial charge in [-0.2, -0.15) is 0 Å². The second kappa shape index (κ2) is 7.76. The van der Waals surface area contributed by atoms with Crippen molar-refractivity contribution in [2.75, 3.05) is 4.72 Å². The Bertz CT molecular complexity index is 1380. The molecule has 1 atom stereocenters. The number of benzene rings is 4. The number of rotatable bonds is 6. The zero-order valence-corrected chi connectivity index (χ0v) is 18.6. The van der Waals surface area contributed by atoms with E-state index in [1.807, 2.05) is 73.7 Å². The first-order chi connectivity index (χ1) is 15.4. The van der Waals surface area contributed by atoms with Crippen molar-refractivity contribution in [3.8, 4) is 0 Å². The van der Waals surface area contributed by atoms with Crippen LogP contribution < -0.4 is 4.72 Å². The molecule has 0 heterocycles. The molecular formula is C27H25NO3S. The van der Waals surface area contributed by atoms with E-state index in [-0.39, 0.29) is 10.8 Å². The van der Waals surface area contributed by atoms with E-state index < -0.39 is 15.6 Å². The van der Waals surface area contributed by atoms with Crippen LogP contribution in [-0.4, -0.2) is 13.5 Å². The Morgan fingerprint density at radius 2 is 1.44 bits per heavy atom. The van der Waals surface area contributed by atoms with E-state index in [9.17, 15) is 13.5 Å². The van der Waals surface area contributed by atoms with E-state index in [2.05, 4.69) is 4.72 Å². The van der Waals surface area contributed by atoms with Gasteiger partial charge in [0.25, 0.3) is 10.0 Å². The summed E-state index contributed by atoms with van der Waals surface area (Å²) in [6.45, 7) is 1.92. The quantitative estimate of drug-likeness (QED) is 0.408. The molecule has 0 aromatic heterocycles. The molecule has 0 radical (unpaired) electrons.